The number of amides is 1. The van der Waals surface area contributed by atoms with Crippen molar-refractivity contribution >= 4 is 45.9 Å². The summed E-state index contributed by atoms with van der Waals surface area (Å²) in [6.07, 6.45) is 0.666. The predicted octanol–water partition coefficient (Wildman–Crippen LogP) is 4.94. The van der Waals surface area contributed by atoms with Crippen LogP contribution in [0.5, 0.6) is 0 Å². The molecule has 0 aliphatic rings. The number of benzene rings is 2. The van der Waals surface area contributed by atoms with Gasteiger partial charge in [0.1, 0.15) is 0 Å². The summed E-state index contributed by atoms with van der Waals surface area (Å²) in [6, 6.07) is 12.8. The van der Waals surface area contributed by atoms with Gasteiger partial charge in [0.15, 0.2) is 5.16 Å². The van der Waals surface area contributed by atoms with Gasteiger partial charge in [-0.2, -0.15) is 0 Å². The van der Waals surface area contributed by atoms with E-state index in [4.69, 9.17) is 16.3 Å². The Bertz CT molecular complexity index is 1130. The number of hydrogen-bond donors (Lipinski definition) is 1. The maximum absolute atomic E-state index is 13.0. The summed E-state index contributed by atoms with van der Waals surface area (Å²) in [4.78, 5) is 30.2. The van der Waals surface area contributed by atoms with Crippen molar-refractivity contribution in [3.05, 3.63) is 63.4 Å². The molecule has 3 rings (SSSR count). The molecule has 0 atom stereocenters. The molecule has 1 heterocycles. The van der Waals surface area contributed by atoms with Crippen LogP contribution in [0.4, 0.5) is 5.69 Å². The minimum Gasteiger partial charge on any atom is -0.385 e. The largest absolute Gasteiger partial charge is 0.385 e. The van der Waals surface area contributed by atoms with Gasteiger partial charge in [-0.15, -0.1) is 0 Å². The molecule has 6 nitrogen and oxygen atoms in total. The number of fused-ring (bicyclic) bond motifs is 1. The highest BCUT2D eigenvalue weighted by Gasteiger charge is 2.14. The number of halogens is 1. The third kappa shape index (κ3) is 6.09. The van der Waals surface area contributed by atoms with E-state index < -0.39 is 0 Å². The molecule has 31 heavy (non-hydrogen) atoms. The lowest BCUT2D eigenvalue weighted by Crippen LogP contribution is -2.25. The first-order valence-electron chi connectivity index (χ1n) is 10.1. The molecule has 0 aliphatic carbocycles. The van der Waals surface area contributed by atoms with Gasteiger partial charge in [-0.25, -0.2) is 4.98 Å². The van der Waals surface area contributed by atoms with Crippen molar-refractivity contribution in [2.45, 2.75) is 37.9 Å². The van der Waals surface area contributed by atoms with Gasteiger partial charge in [0.2, 0.25) is 5.91 Å². The molecule has 0 bridgehead atoms. The Labute approximate surface area is 191 Å². The summed E-state index contributed by atoms with van der Waals surface area (Å²) < 4.78 is 6.72. The Hall–Kier alpha value is -2.35. The van der Waals surface area contributed by atoms with Crippen molar-refractivity contribution in [3.63, 3.8) is 0 Å². The van der Waals surface area contributed by atoms with E-state index in [9.17, 15) is 9.59 Å². The van der Waals surface area contributed by atoms with Gasteiger partial charge in [0.05, 0.1) is 16.7 Å². The van der Waals surface area contributed by atoms with E-state index in [2.05, 4.69) is 24.1 Å². The van der Waals surface area contributed by atoms with Crippen LogP contribution in [0.25, 0.3) is 10.9 Å². The number of aromatic nitrogens is 2. The summed E-state index contributed by atoms with van der Waals surface area (Å²) in [5, 5.41) is 4.42. The Balaban J connectivity index is 1.80. The molecule has 0 unspecified atom stereocenters. The molecule has 1 N–H and O–H groups in total. The third-order valence-corrected chi connectivity index (χ3v) is 5.99. The zero-order chi connectivity index (χ0) is 22.4. The first-order chi connectivity index (χ1) is 14.9. The van der Waals surface area contributed by atoms with E-state index in [0.29, 0.717) is 46.6 Å². The van der Waals surface area contributed by atoms with Gasteiger partial charge in [-0.1, -0.05) is 49.3 Å². The molecule has 3 aromatic rings. The molecular formula is C23H26ClN3O3S. The second-order valence-corrected chi connectivity index (χ2v) is 8.85. The van der Waals surface area contributed by atoms with Crippen LogP contribution in [0.15, 0.2) is 52.4 Å². The van der Waals surface area contributed by atoms with Crippen molar-refractivity contribution in [1.29, 1.82) is 0 Å². The van der Waals surface area contributed by atoms with Crippen LogP contribution in [0.2, 0.25) is 5.02 Å². The van der Waals surface area contributed by atoms with E-state index in [1.165, 1.54) is 11.8 Å². The SMILES string of the molecule is COCCCn1c(SCC(=O)Nc2cccc(C(C)C)c2)nc2cc(Cl)ccc2c1=O. The molecule has 0 saturated carbocycles. The minimum absolute atomic E-state index is 0.134. The minimum atomic E-state index is -0.158. The number of anilines is 1. The third-order valence-electron chi connectivity index (χ3n) is 4.78. The number of carbonyl (C=O) groups is 1. The molecule has 1 aromatic heterocycles. The average molecular weight is 460 g/mol. The molecule has 0 spiro atoms. The lowest BCUT2D eigenvalue weighted by molar-refractivity contribution is -0.113. The van der Waals surface area contributed by atoms with Gasteiger partial charge in [0, 0.05) is 31.0 Å². The van der Waals surface area contributed by atoms with E-state index in [0.717, 1.165) is 11.3 Å². The molecule has 1 amide bonds. The maximum Gasteiger partial charge on any atom is 0.262 e. The van der Waals surface area contributed by atoms with Crippen LogP contribution in [-0.2, 0) is 16.1 Å². The zero-order valence-electron chi connectivity index (χ0n) is 17.9. The van der Waals surface area contributed by atoms with Crippen LogP contribution in [0.1, 0.15) is 31.7 Å². The van der Waals surface area contributed by atoms with Crippen molar-refractivity contribution in [2.24, 2.45) is 0 Å². The Morgan fingerprint density at radius 1 is 1.26 bits per heavy atom. The zero-order valence-corrected chi connectivity index (χ0v) is 19.4. The highest BCUT2D eigenvalue weighted by molar-refractivity contribution is 7.99. The average Bonchev–Trinajstić information content (AvgIpc) is 2.74. The molecule has 8 heteroatoms. The summed E-state index contributed by atoms with van der Waals surface area (Å²) in [5.41, 5.74) is 2.29. The summed E-state index contributed by atoms with van der Waals surface area (Å²) in [7, 11) is 1.62. The number of hydrogen-bond acceptors (Lipinski definition) is 5. The number of carbonyl (C=O) groups excluding carboxylic acids is 1. The number of methoxy groups -OCH3 is 1. The van der Waals surface area contributed by atoms with Crippen LogP contribution < -0.4 is 10.9 Å². The molecule has 0 fully saturated rings. The van der Waals surface area contributed by atoms with E-state index in [-0.39, 0.29) is 17.2 Å². The summed E-state index contributed by atoms with van der Waals surface area (Å²) >= 11 is 7.32. The predicted molar refractivity (Wildman–Crippen MR) is 127 cm³/mol. The second kappa shape index (κ2) is 10.8. The van der Waals surface area contributed by atoms with Gasteiger partial charge in [-0.3, -0.25) is 14.2 Å². The highest BCUT2D eigenvalue weighted by atomic mass is 35.5. The number of nitrogens with zero attached hydrogens (tertiary/aromatic N) is 2. The summed E-state index contributed by atoms with van der Waals surface area (Å²) in [6.45, 7) is 5.20. The van der Waals surface area contributed by atoms with Crippen LogP contribution in [0.3, 0.4) is 0 Å². The Kier molecular flexibility index (Phi) is 8.12. The molecule has 0 saturated heterocycles. The van der Waals surface area contributed by atoms with Crippen molar-refractivity contribution in [1.82, 2.24) is 9.55 Å². The van der Waals surface area contributed by atoms with E-state index in [1.807, 2.05) is 24.3 Å². The van der Waals surface area contributed by atoms with Gasteiger partial charge in [-0.05, 0) is 48.2 Å². The number of nitrogens with one attached hydrogen (secondary N) is 1. The van der Waals surface area contributed by atoms with Crippen LogP contribution >= 0.6 is 23.4 Å². The topological polar surface area (TPSA) is 73.2 Å². The van der Waals surface area contributed by atoms with Crippen LogP contribution in [0, 0.1) is 0 Å². The maximum atomic E-state index is 13.0. The fourth-order valence-corrected chi connectivity index (χ4v) is 4.14. The molecular weight excluding hydrogens is 434 g/mol. The van der Waals surface area contributed by atoms with Crippen LogP contribution in [-0.4, -0.2) is 34.9 Å². The number of ether oxygens (including phenoxy) is 1. The second-order valence-electron chi connectivity index (χ2n) is 7.48. The molecule has 164 valence electrons. The fraction of sp³-hybridized carbons (Fsp3) is 0.348. The first-order valence-corrected chi connectivity index (χ1v) is 11.5. The highest BCUT2D eigenvalue weighted by Crippen LogP contribution is 2.22. The lowest BCUT2D eigenvalue weighted by atomic mass is 10.0. The normalized spacial score (nSPS) is 11.3. The number of rotatable bonds is 9. The summed E-state index contributed by atoms with van der Waals surface area (Å²) in [5.74, 6) is 0.352. The molecule has 2 aromatic carbocycles. The van der Waals surface area contributed by atoms with E-state index >= 15 is 0 Å². The van der Waals surface area contributed by atoms with E-state index in [1.54, 1.807) is 29.9 Å². The van der Waals surface area contributed by atoms with Crippen molar-refractivity contribution in [3.8, 4) is 0 Å². The lowest BCUT2D eigenvalue weighted by Gasteiger charge is -2.13. The monoisotopic (exact) mass is 459 g/mol. The Morgan fingerprint density at radius 3 is 2.81 bits per heavy atom. The molecule has 0 radical (unpaired) electrons. The van der Waals surface area contributed by atoms with Crippen molar-refractivity contribution in [2.75, 3.05) is 24.8 Å². The fourth-order valence-electron chi connectivity index (χ4n) is 3.15. The van der Waals surface area contributed by atoms with Gasteiger partial charge >= 0.3 is 0 Å². The van der Waals surface area contributed by atoms with Gasteiger partial charge in [0.25, 0.3) is 5.56 Å². The first kappa shape index (κ1) is 23.3. The quantitative estimate of drug-likeness (QED) is 0.278. The smallest absolute Gasteiger partial charge is 0.262 e. The standard InChI is InChI=1S/C23H26ClN3O3S/c1-15(2)16-6-4-7-18(12-16)25-21(28)14-31-23-26-20-13-17(24)8-9-19(20)22(29)27(23)10-5-11-30-3/h4,6-9,12-13,15H,5,10-11,14H2,1-3H3,(H,25,28). The Morgan fingerprint density at radius 2 is 2.06 bits per heavy atom. The van der Waals surface area contributed by atoms with Crippen molar-refractivity contribution < 1.29 is 9.53 Å². The van der Waals surface area contributed by atoms with Gasteiger partial charge < -0.3 is 10.1 Å². The molecule has 0 aliphatic heterocycles. The number of thioether (sulfide) groups is 1.